The van der Waals surface area contributed by atoms with Gasteiger partial charge in [0.1, 0.15) is 5.75 Å². The van der Waals surface area contributed by atoms with Crippen molar-refractivity contribution in [2.24, 2.45) is 0 Å². The number of hydrogen-bond acceptors (Lipinski definition) is 2. The average molecular weight is 391 g/mol. The molecule has 0 aliphatic rings. The Balaban J connectivity index is 2.07. The molecule has 21 heavy (non-hydrogen) atoms. The van der Waals surface area contributed by atoms with E-state index >= 15 is 0 Å². The van der Waals surface area contributed by atoms with Crippen LogP contribution in [0, 0.1) is 3.57 Å². The number of hydrogen-bond donors (Lipinski definition) is 1. The van der Waals surface area contributed by atoms with E-state index in [4.69, 9.17) is 4.74 Å². The maximum atomic E-state index is 12.7. The number of halogens is 1. The van der Waals surface area contributed by atoms with Gasteiger partial charge in [-0.1, -0.05) is 12.1 Å². The number of carbonyl (C=O) groups excluding carboxylic acids is 1. The van der Waals surface area contributed by atoms with Crippen molar-refractivity contribution in [1.82, 2.24) is 4.98 Å². The number of aromatic nitrogens is 1. The lowest BCUT2D eigenvalue weighted by molar-refractivity contribution is 0.104. The van der Waals surface area contributed by atoms with Crippen molar-refractivity contribution in [2.45, 2.75) is 6.92 Å². The quantitative estimate of drug-likeness (QED) is 0.529. The Hall–Kier alpha value is -1.82. The summed E-state index contributed by atoms with van der Waals surface area (Å²) in [5.74, 6) is 0.801. The molecular weight excluding hydrogens is 377 g/mol. The van der Waals surface area contributed by atoms with Crippen LogP contribution in [-0.2, 0) is 0 Å². The summed E-state index contributed by atoms with van der Waals surface area (Å²) in [6, 6.07) is 13.4. The van der Waals surface area contributed by atoms with Crippen LogP contribution in [0.25, 0.3) is 10.9 Å². The minimum absolute atomic E-state index is 0.0217. The molecule has 0 atom stereocenters. The van der Waals surface area contributed by atoms with Crippen LogP contribution in [0.5, 0.6) is 5.75 Å². The van der Waals surface area contributed by atoms with Crippen LogP contribution in [0.15, 0.2) is 48.7 Å². The van der Waals surface area contributed by atoms with Crippen molar-refractivity contribution in [2.75, 3.05) is 6.61 Å². The molecule has 0 aliphatic carbocycles. The fourth-order valence-corrected chi connectivity index (χ4v) is 2.87. The largest absolute Gasteiger partial charge is 0.494 e. The first-order valence-electron chi connectivity index (χ1n) is 6.73. The van der Waals surface area contributed by atoms with Crippen molar-refractivity contribution in [3.05, 3.63) is 63.4 Å². The zero-order valence-electron chi connectivity index (χ0n) is 11.5. The van der Waals surface area contributed by atoms with Crippen molar-refractivity contribution >= 4 is 39.3 Å². The molecule has 1 heterocycles. The highest BCUT2D eigenvalue weighted by atomic mass is 127. The van der Waals surface area contributed by atoms with Gasteiger partial charge in [-0.3, -0.25) is 4.79 Å². The molecular formula is C17H14INO2. The van der Waals surface area contributed by atoms with Crippen molar-refractivity contribution in [3.63, 3.8) is 0 Å². The number of H-pyrrole nitrogens is 1. The molecule has 1 N–H and O–H groups in total. The summed E-state index contributed by atoms with van der Waals surface area (Å²) >= 11 is 2.21. The SMILES string of the molecule is CCOc1ccc2[nH]cc(C(=O)c3cccc(I)c3)c2c1. The van der Waals surface area contributed by atoms with Gasteiger partial charge in [0.15, 0.2) is 5.78 Å². The first kappa shape index (κ1) is 14.1. The van der Waals surface area contributed by atoms with Gasteiger partial charge < -0.3 is 9.72 Å². The fourth-order valence-electron chi connectivity index (χ4n) is 2.33. The molecule has 106 valence electrons. The maximum Gasteiger partial charge on any atom is 0.195 e. The van der Waals surface area contributed by atoms with E-state index in [9.17, 15) is 4.79 Å². The number of fused-ring (bicyclic) bond motifs is 1. The average Bonchev–Trinajstić information content (AvgIpc) is 2.90. The number of ketones is 1. The van der Waals surface area contributed by atoms with E-state index in [1.54, 1.807) is 6.20 Å². The standard InChI is InChI=1S/C17H14INO2/c1-2-21-13-6-7-16-14(9-13)15(10-19-16)17(20)11-4-3-5-12(18)8-11/h3-10,19H,2H2,1H3. The topological polar surface area (TPSA) is 42.1 Å². The molecule has 0 fully saturated rings. The second kappa shape index (κ2) is 5.89. The Morgan fingerprint density at radius 3 is 2.86 bits per heavy atom. The van der Waals surface area contributed by atoms with Gasteiger partial charge in [-0.25, -0.2) is 0 Å². The van der Waals surface area contributed by atoms with Gasteiger partial charge in [0, 0.05) is 31.8 Å². The van der Waals surface area contributed by atoms with E-state index in [0.717, 1.165) is 20.2 Å². The first-order chi connectivity index (χ1) is 10.2. The highest BCUT2D eigenvalue weighted by molar-refractivity contribution is 14.1. The van der Waals surface area contributed by atoms with Gasteiger partial charge in [0.05, 0.1) is 6.61 Å². The lowest BCUT2D eigenvalue weighted by Gasteiger charge is -2.04. The molecule has 1 aromatic heterocycles. The predicted octanol–water partition coefficient (Wildman–Crippen LogP) is 4.40. The van der Waals surface area contributed by atoms with E-state index in [1.165, 1.54) is 0 Å². The molecule has 0 saturated carbocycles. The third-order valence-corrected chi connectivity index (χ3v) is 3.97. The number of nitrogens with one attached hydrogen (secondary N) is 1. The summed E-state index contributed by atoms with van der Waals surface area (Å²) in [5, 5.41) is 0.893. The minimum Gasteiger partial charge on any atom is -0.494 e. The molecule has 0 radical (unpaired) electrons. The van der Waals surface area contributed by atoms with Crippen LogP contribution >= 0.6 is 22.6 Å². The number of aromatic amines is 1. The Morgan fingerprint density at radius 2 is 2.10 bits per heavy atom. The number of ether oxygens (including phenoxy) is 1. The van der Waals surface area contributed by atoms with Gasteiger partial charge in [-0.2, -0.15) is 0 Å². The Kier molecular flexibility index (Phi) is 3.96. The third kappa shape index (κ3) is 2.81. The van der Waals surface area contributed by atoms with E-state index in [2.05, 4.69) is 27.6 Å². The molecule has 0 amide bonds. The van der Waals surface area contributed by atoms with Crippen LogP contribution in [0.1, 0.15) is 22.8 Å². The fraction of sp³-hybridized carbons (Fsp3) is 0.118. The number of carbonyl (C=O) groups is 1. The van der Waals surface area contributed by atoms with Crippen molar-refractivity contribution in [1.29, 1.82) is 0 Å². The zero-order chi connectivity index (χ0) is 14.8. The summed E-state index contributed by atoms with van der Waals surface area (Å²) in [6.07, 6.45) is 1.77. The van der Waals surface area contributed by atoms with E-state index in [0.29, 0.717) is 17.7 Å². The molecule has 4 heteroatoms. The maximum absolute atomic E-state index is 12.7. The first-order valence-corrected chi connectivity index (χ1v) is 7.81. The lowest BCUT2D eigenvalue weighted by atomic mass is 10.0. The Morgan fingerprint density at radius 1 is 1.24 bits per heavy atom. The summed E-state index contributed by atoms with van der Waals surface area (Å²) in [6.45, 7) is 2.55. The molecule has 2 aromatic carbocycles. The molecule has 0 aliphatic heterocycles. The Labute approximate surface area is 136 Å². The second-order valence-corrected chi connectivity index (χ2v) is 5.93. The van der Waals surface area contributed by atoms with Crippen molar-refractivity contribution < 1.29 is 9.53 Å². The van der Waals surface area contributed by atoms with E-state index in [-0.39, 0.29) is 5.78 Å². The summed E-state index contributed by atoms with van der Waals surface area (Å²) < 4.78 is 6.57. The van der Waals surface area contributed by atoms with Crippen LogP contribution < -0.4 is 4.74 Å². The van der Waals surface area contributed by atoms with Crippen LogP contribution in [-0.4, -0.2) is 17.4 Å². The van der Waals surface area contributed by atoms with Gasteiger partial charge in [0.2, 0.25) is 0 Å². The van der Waals surface area contributed by atoms with Gasteiger partial charge in [-0.05, 0) is 59.8 Å². The number of rotatable bonds is 4. The molecule has 3 rings (SSSR count). The Bertz CT molecular complexity index is 807. The van der Waals surface area contributed by atoms with E-state index in [1.807, 2.05) is 49.4 Å². The van der Waals surface area contributed by atoms with Crippen LogP contribution in [0.4, 0.5) is 0 Å². The van der Waals surface area contributed by atoms with Crippen LogP contribution in [0.2, 0.25) is 0 Å². The molecule has 3 aromatic rings. The smallest absolute Gasteiger partial charge is 0.195 e. The van der Waals surface area contributed by atoms with E-state index < -0.39 is 0 Å². The second-order valence-electron chi connectivity index (χ2n) is 4.68. The van der Waals surface area contributed by atoms with Crippen molar-refractivity contribution in [3.8, 4) is 5.75 Å². The monoisotopic (exact) mass is 391 g/mol. The summed E-state index contributed by atoms with van der Waals surface area (Å²) in [4.78, 5) is 15.8. The summed E-state index contributed by atoms with van der Waals surface area (Å²) in [5.41, 5.74) is 2.31. The minimum atomic E-state index is 0.0217. The van der Waals surface area contributed by atoms with Crippen LogP contribution in [0.3, 0.4) is 0 Å². The highest BCUT2D eigenvalue weighted by Gasteiger charge is 2.15. The molecule has 0 spiro atoms. The molecule has 0 unspecified atom stereocenters. The third-order valence-electron chi connectivity index (χ3n) is 3.30. The van der Waals surface area contributed by atoms with Gasteiger partial charge in [0.25, 0.3) is 0 Å². The lowest BCUT2D eigenvalue weighted by Crippen LogP contribution is -2.00. The highest BCUT2D eigenvalue weighted by Crippen LogP contribution is 2.26. The van der Waals surface area contributed by atoms with Gasteiger partial charge >= 0.3 is 0 Å². The number of benzene rings is 2. The predicted molar refractivity (Wildman–Crippen MR) is 92.1 cm³/mol. The molecule has 3 nitrogen and oxygen atoms in total. The summed E-state index contributed by atoms with van der Waals surface area (Å²) in [7, 11) is 0. The molecule has 0 bridgehead atoms. The zero-order valence-corrected chi connectivity index (χ0v) is 13.7. The van der Waals surface area contributed by atoms with Gasteiger partial charge in [-0.15, -0.1) is 0 Å². The molecule has 0 saturated heterocycles. The normalized spacial score (nSPS) is 10.8.